The van der Waals surface area contributed by atoms with E-state index in [-0.39, 0.29) is 5.78 Å². The Kier molecular flexibility index (Phi) is 3.29. The average Bonchev–Trinajstić information content (AvgIpc) is 2.92. The average molecular weight is 275 g/mol. The van der Waals surface area contributed by atoms with Crippen LogP contribution in [-0.4, -0.2) is 5.78 Å². The number of rotatable bonds is 3. The van der Waals surface area contributed by atoms with E-state index in [1.54, 1.807) is 12.1 Å². The second-order valence-electron chi connectivity index (χ2n) is 4.99. The lowest BCUT2D eigenvalue weighted by atomic mass is 9.91. The van der Waals surface area contributed by atoms with Crippen molar-refractivity contribution in [2.45, 2.75) is 12.8 Å². The summed E-state index contributed by atoms with van der Waals surface area (Å²) < 4.78 is 5.39. The summed E-state index contributed by atoms with van der Waals surface area (Å²) in [4.78, 5) is 12.7. The van der Waals surface area contributed by atoms with Crippen LogP contribution in [0, 0.1) is 18.3 Å². The van der Waals surface area contributed by atoms with Crippen LogP contribution in [0.5, 0.6) is 0 Å². The molecule has 0 N–H and O–H groups in total. The maximum atomic E-state index is 12.7. The van der Waals surface area contributed by atoms with Gasteiger partial charge in [-0.05, 0) is 18.6 Å². The van der Waals surface area contributed by atoms with Gasteiger partial charge in [0.2, 0.25) is 0 Å². The SMILES string of the molecule is Cc1cccc(C(C#N)C(=O)c2coc3ccccc23)c1. The highest BCUT2D eigenvalue weighted by Gasteiger charge is 2.24. The van der Waals surface area contributed by atoms with Crippen molar-refractivity contribution in [3.8, 4) is 6.07 Å². The fourth-order valence-electron chi connectivity index (χ4n) is 2.46. The molecular formula is C18H13NO2. The summed E-state index contributed by atoms with van der Waals surface area (Å²) in [7, 11) is 0. The normalized spacial score (nSPS) is 12.0. The van der Waals surface area contributed by atoms with Crippen molar-refractivity contribution in [2.24, 2.45) is 0 Å². The van der Waals surface area contributed by atoms with Crippen molar-refractivity contribution in [1.29, 1.82) is 5.26 Å². The molecular weight excluding hydrogens is 262 g/mol. The van der Waals surface area contributed by atoms with E-state index in [0.717, 1.165) is 10.9 Å². The van der Waals surface area contributed by atoms with Gasteiger partial charge in [-0.2, -0.15) is 5.26 Å². The zero-order valence-corrected chi connectivity index (χ0v) is 11.5. The van der Waals surface area contributed by atoms with E-state index in [1.807, 2.05) is 43.3 Å². The number of hydrogen-bond acceptors (Lipinski definition) is 3. The molecule has 1 atom stereocenters. The lowest BCUT2D eigenvalue weighted by Crippen LogP contribution is -2.11. The number of carbonyl (C=O) groups is 1. The molecule has 1 heterocycles. The summed E-state index contributed by atoms with van der Waals surface area (Å²) in [6.07, 6.45) is 1.44. The predicted molar refractivity (Wildman–Crippen MR) is 80.1 cm³/mol. The lowest BCUT2D eigenvalue weighted by Gasteiger charge is -2.08. The molecule has 102 valence electrons. The Bertz CT molecular complexity index is 855. The van der Waals surface area contributed by atoms with Crippen LogP contribution in [0.1, 0.15) is 27.4 Å². The number of para-hydroxylation sites is 1. The number of aryl methyl sites for hydroxylation is 1. The molecule has 0 saturated heterocycles. The molecule has 0 fully saturated rings. The smallest absolute Gasteiger partial charge is 0.188 e. The molecule has 1 aromatic heterocycles. The number of furan rings is 1. The van der Waals surface area contributed by atoms with Crippen LogP contribution in [-0.2, 0) is 0 Å². The van der Waals surface area contributed by atoms with E-state index in [2.05, 4.69) is 6.07 Å². The molecule has 0 aliphatic heterocycles. The van der Waals surface area contributed by atoms with Crippen LogP contribution < -0.4 is 0 Å². The van der Waals surface area contributed by atoms with Crippen LogP contribution in [0.3, 0.4) is 0 Å². The molecule has 0 aliphatic rings. The minimum absolute atomic E-state index is 0.229. The quantitative estimate of drug-likeness (QED) is 0.672. The molecule has 21 heavy (non-hydrogen) atoms. The number of nitrogens with zero attached hydrogens (tertiary/aromatic N) is 1. The maximum absolute atomic E-state index is 12.7. The third-order valence-corrected chi connectivity index (χ3v) is 3.51. The first-order valence-corrected chi connectivity index (χ1v) is 6.67. The van der Waals surface area contributed by atoms with E-state index < -0.39 is 5.92 Å². The summed E-state index contributed by atoms with van der Waals surface area (Å²) in [6, 6.07) is 16.9. The Morgan fingerprint density at radius 2 is 2.00 bits per heavy atom. The van der Waals surface area contributed by atoms with Crippen molar-refractivity contribution in [2.75, 3.05) is 0 Å². The number of fused-ring (bicyclic) bond motifs is 1. The minimum atomic E-state index is -0.814. The van der Waals surface area contributed by atoms with E-state index in [4.69, 9.17) is 4.42 Å². The van der Waals surface area contributed by atoms with Gasteiger partial charge in [0.25, 0.3) is 0 Å². The molecule has 1 unspecified atom stereocenters. The third-order valence-electron chi connectivity index (χ3n) is 3.51. The molecule has 3 nitrogen and oxygen atoms in total. The van der Waals surface area contributed by atoms with Crippen LogP contribution >= 0.6 is 0 Å². The topological polar surface area (TPSA) is 54.0 Å². The summed E-state index contributed by atoms with van der Waals surface area (Å²) in [5, 5.41) is 10.2. The first kappa shape index (κ1) is 13.1. The zero-order valence-electron chi connectivity index (χ0n) is 11.5. The van der Waals surface area contributed by atoms with Crippen molar-refractivity contribution in [3.05, 3.63) is 71.5 Å². The number of ketones is 1. The van der Waals surface area contributed by atoms with Crippen LogP contribution in [0.4, 0.5) is 0 Å². The number of hydrogen-bond donors (Lipinski definition) is 0. The Hall–Kier alpha value is -2.86. The van der Waals surface area contributed by atoms with Crippen molar-refractivity contribution in [1.82, 2.24) is 0 Å². The molecule has 0 amide bonds. The second kappa shape index (κ2) is 5.26. The summed E-state index contributed by atoms with van der Waals surface area (Å²) in [5.74, 6) is -1.04. The molecule has 2 aromatic carbocycles. The molecule has 0 saturated carbocycles. The van der Waals surface area contributed by atoms with Crippen molar-refractivity contribution < 1.29 is 9.21 Å². The highest BCUT2D eigenvalue weighted by atomic mass is 16.3. The zero-order chi connectivity index (χ0) is 14.8. The minimum Gasteiger partial charge on any atom is -0.464 e. The van der Waals surface area contributed by atoms with Gasteiger partial charge >= 0.3 is 0 Å². The number of benzene rings is 2. The molecule has 0 bridgehead atoms. The Labute approximate surface area is 122 Å². The van der Waals surface area contributed by atoms with Crippen LogP contribution in [0.15, 0.2) is 59.2 Å². The van der Waals surface area contributed by atoms with Gasteiger partial charge in [0.15, 0.2) is 5.78 Å². The maximum Gasteiger partial charge on any atom is 0.188 e. The van der Waals surface area contributed by atoms with Gasteiger partial charge in [-0.3, -0.25) is 4.79 Å². The van der Waals surface area contributed by atoms with Gasteiger partial charge in [-0.1, -0.05) is 48.0 Å². The monoisotopic (exact) mass is 275 g/mol. The van der Waals surface area contributed by atoms with Gasteiger partial charge in [0.1, 0.15) is 17.8 Å². The van der Waals surface area contributed by atoms with Gasteiger partial charge in [-0.25, -0.2) is 0 Å². The molecule has 3 rings (SSSR count). The summed E-state index contributed by atoms with van der Waals surface area (Å²) >= 11 is 0. The van der Waals surface area contributed by atoms with Crippen LogP contribution in [0.2, 0.25) is 0 Å². The molecule has 0 spiro atoms. The molecule has 0 aliphatic carbocycles. The van der Waals surface area contributed by atoms with E-state index in [0.29, 0.717) is 16.7 Å². The Balaban J connectivity index is 2.06. The first-order valence-electron chi connectivity index (χ1n) is 6.67. The molecule has 3 heteroatoms. The summed E-state index contributed by atoms with van der Waals surface area (Å²) in [5.41, 5.74) is 2.85. The largest absolute Gasteiger partial charge is 0.464 e. The summed E-state index contributed by atoms with van der Waals surface area (Å²) in [6.45, 7) is 1.94. The van der Waals surface area contributed by atoms with Gasteiger partial charge < -0.3 is 4.42 Å². The fraction of sp³-hybridized carbons (Fsp3) is 0.111. The highest BCUT2D eigenvalue weighted by Crippen LogP contribution is 2.27. The van der Waals surface area contributed by atoms with Gasteiger partial charge in [0, 0.05) is 5.39 Å². The first-order chi connectivity index (χ1) is 10.2. The lowest BCUT2D eigenvalue weighted by molar-refractivity contribution is 0.0979. The molecule has 0 radical (unpaired) electrons. The standard InChI is InChI=1S/C18H13NO2/c1-12-5-4-6-13(9-12)15(10-19)18(20)16-11-21-17-8-3-2-7-14(16)17/h2-9,11,15H,1H3. The second-order valence-corrected chi connectivity index (χ2v) is 4.99. The number of nitriles is 1. The van der Waals surface area contributed by atoms with Crippen LogP contribution in [0.25, 0.3) is 11.0 Å². The van der Waals surface area contributed by atoms with Gasteiger partial charge in [-0.15, -0.1) is 0 Å². The Morgan fingerprint density at radius 3 is 2.76 bits per heavy atom. The van der Waals surface area contributed by atoms with Gasteiger partial charge in [0.05, 0.1) is 11.6 Å². The highest BCUT2D eigenvalue weighted by molar-refractivity contribution is 6.11. The predicted octanol–water partition coefficient (Wildman–Crippen LogP) is 4.23. The van der Waals surface area contributed by atoms with E-state index in [9.17, 15) is 10.1 Å². The third kappa shape index (κ3) is 2.32. The van der Waals surface area contributed by atoms with E-state index >= 15 is 0 Å². The Morgan fingerprint density at radius 1 is 1.19 bits per heavy atom. The van der Waals surface area contributed by atoms with Crippen molar-refractivity contribution in [3.63, 3.8) is 0 Å². The van der Waals surface area contributed by atoms with E-state index in [1.165, 1.54) is 6.26 Å². The van der Waals surface area contributed by atoms with Crippen molar-refractivity contribution >= 4 is 16.8 Å². The fourth-order valence-corrected chi connectivity index (χ4v) is 2.46. The molecule has 3 aromatic rings. The number of Topliss-reactive ketones (excluding diaryl/α,β-unsaturated/α-hetero) is 1. The number of carbonyl (C=O) groups excluding carboxylic acids is 1.